The normalized spacial score (nSPS) is 20.6. The number of nitrogens with zero attached hydrogens (tertiary/aromatic N) is 1. The van der Waals surface area contributed by atoms with Gasteiger partial charge in [-0.1, -0.05) is 15.9 Å². The number of alkyl halides is 1. The third kappa shape index (κ3) is 3.06. The van der Waals surface area contributed by atoms with Crippen molar-refractivity contribution < 1.29 is 19.5 Å². The van der Waals surface area contributed by atoms with Gasteiger partial charge in [0.25, 0.3) is 0 Å². The molecular formula is C7H10BrNO4. The number of carbonyl (C=O) groups excluding carboxylic acids is 2. The number of Topliss-reactive ketones (excluding diaryl/α,β-unsaturated/α-hetero) is 1. The van der Waals surface area contributed by atoms with E-state index in [4.69, 9.17) is 9.94 Å². The molecule has 0 aromatic rings. The summed E-state index contributed by atoms with van der Waals surface area (Å²) in [5.41, 5.74) is 0. The van der Waals surface area contributed by atoms with E-state index in [9.17, 15) is 9.59 Å². The lowest BCUT2D eigenvalue weighted by Gasteiger charge is -2.26. The van der Waals surface area contributed by atoms with Crippen LogP contribution < -0.4 is 0 Å². The molecule has 1 aliphatic rings. The van der Waals surface area contributed by atoms with Crippen LogP contribution in [0.15, 0.2) is 0 Å². The van der Waals surface area contributed by atoms with Crippen molar-refractivity contribution in [2.45, 2.75) is 19.1 Å². The van der Waals surface area contributed by atoms with E-state index in [0.29, 0.717) is 0 Å². The summed E-state index contributed by atoms with van der Waals surface area (Å²) in [6, 6.07) is 0. The molecule has 1 rings (SSSR count). The highest BCUT2D eigenvalue weighted by Crippen LogP contribution is 2.09. The Morgan fingerprint density at radius 3 is 2.85 bits per heavy atom. The van der Waals surface area contributed by atoms with Crippen LogP contribution in [0.2, 0.25) is 0 Å². The number of aliphatic hydroxyl groups is 1. The predicted molar refractivity (Wildman–Crippen MR) is 46.8 cm³/mol. The molecular weight excluding hydrogens is 242 g/mol. The first-order valence-corrected chi connectivity index (χ1v) is 4.98. The van der Waals surface area contributed by atoms with Crippen LogP contribution in [-0.4, -0.2) is 40.0 Å². The lowest BCUT2D eigenvalue weighted by Crippen LogP contribution is -2.42. The maximum absolute atomic E-state index is 11.1. The number of carbonyl (C=O) groups is 2. The molecule has 1 unspecified atom stereocenters. The quantitative estimate of drug-likeness (QED) is 0.559. The van der Waals surface area contributed by atoms with E-state index in [1.165, 1.54) is 0 Å². The molecule has 5 nitrogen and oxygen atoms in total. The zero-order valence-electron chi connectivity index (χ0n) is 6.90. The predicted octanol–water partition coefficient (Wildman–Crippen LogP) is -0.177. The summed E-state index contributed by atoms with van der Waals surface area (Å²) < 4.78 is 0. The van der Waals surface area contributed by atoms with Crippen LogP contribution in [-0.2, 0) is 14.4 Å². The summed E-state index contributed by atoms with van der Waals surface area (Å²) in [7, 11) is 0. The van der Waals surface area contributed by atoms with Gasteiger partial charge in [-0.25, -0.2) is 9.90 Å². The third-order valence-electron chi connectivity index (χ3n) is 1.60. The van der Waals surface area contributed by atoms with Gasteiger partial charge < -0.3 is 5.11 Å². The van der Waals surface area contributed by atoms with Crippen molar-refractivity contribution in [3.05, 3.63) is 0 Å². The van der Waals surface area contributed by atoms with Gasteiger partial charge in [-0.15, -0.1) is 0 Å². The second-order valence-electron chi connectivity index (χ2n) is 2.68. The summed E-state index contributed by atoms with van der Waals surface area (Å²) in [6.07, 6.45) is -0.661. The van der Waals surface area contributed by atoms with Crippen LogP contribution in [0.1, 0.15) is 12.8 Å². The maximum atomic E-state index is 11.1. The summed E-state index contributed by atoms with van der Waals surface area (Å²) in [5, 5.41) is 10.2. The first kappa shape index (κ1) is 10.6. The Bertz CT molecular complexity index is 221. The highest BCUT2D eigenvalue weighted by Gasteiger charge is 2.26. The van der Waals surface area contributed by atoms with Crippen LogP contribution in [0.25, 0.3) is 0 Å². The Labute approximate surface area is 83.7 Å². The number of hydroxylamine groups is 2. The molecule has 0 aliphatic carbocycles. The molecule has 1 fully saturated rings. The lowest BCUT2D eigenvalue weighted by atomic mass is 10.1. The largest absolute Gasteiger partial charge is 0.365 e. The molecule has 1 N–H and O–H groups in total. The average Bonchev–Trinajstić information content (AvgIpc) is 2.11. The number of halogens is 1. The summed E-state index contributed by atoms with van der Waals surface area (Å²) in [4.78, 5) is 26.8. The van der Waals surface area contributed by atoms with Gasteiger partial charge in [0.15, 0.2) is 12.1 Å². The topological polar surface area (TPSA) is 66.8 Å². The van der Waals surface area contributed by atoms with Crippen LogP contribution >= 0.6 is 15.9 Å². The van der Waals surface area contributed by atoms with Crippen LogP contribution in [0.4, 0.5) is 0 Å². The van der Waals surface area contributed by atoms with E-state index in [2.05, 4.69) is 15.9 Å². The van der Waals surface area contributed by atoms with Crippen molar-refractivity contribution in [2.75, 3.05) is 11.9 Å². The second kappa shape index (κ2) is 4.69. The minimum absolute atomic E-state index is 0.0543. The highest BCUT2D eigenvalue weighted by atomic mass is 79.9. The molecule has 74 valence electrons. The molecule has 0 aromatic carbocycles. The number of piperidine rings is 1. The Kier molecular flexibility index (Phi) is 3.83. The van der Waals surface area contributed by atoms with Crippen LogP contribution in [0.5, 0.6) is 0 Å². The number of ketones is 1. The van der Waals surface area contributed by atoms with Crippen molar-refractivity contribution >= 4 is 27.6 Å². The van der Waals surface area contributed by atoms with E-state index < -0.39 is 6.29 Å². The highest BCUT2D eigenvalue weighted by molar-refractivity contribution is 9.09. The lowest BCUT2D eigenvalue weighted by molar-refractivity contribution is -0.248. The number of hydrogen-bond donors (Lipinski definition) is 1. The zero-order chi connectivity index (χ0) is 9.84. The molecule has 0 aromatic heterocycles. The standard InChI is InChI=1S/C7H10BrNO4/c8-3-7(12)13-9-4-5(10)1-2-6(9)11/h7,12H,1-4H2. The molecule has 0 radical (unpaired) electrons. The summed E-state index contributed by atoms with van der Waals surface area (Å²) in [5.74, 6) is -0.319. The maximum Gasteiger partial charge on any atom is 0.247 e. The van der Waals surface area contributed by atoms with E-state index in [0.717, 1.165) is 5.06 Å². The molecule has 0 bridgehead atoms. The van der Waals surface area contributed by atoms with Crippen LogP contribution in [0.3, 0.4) is 0 Å². The van der Waals surface area contributed by atoms with Gasteiger partial charge in [0.05, 0.1) is 5.33 Å². The second-order valence-corrected chi connectivity index (χ2v) is 3.33. The van der Waals surface area contributed by atoms with Crippen molar-refractivity contribution in [1.29, 1.82) is 0 Å². The van der Waals surface area contributed by atoms with Crippen molar-refractivity contribution in [3.8, 4) is 0 Å². The van der Waals surface area contributed by atoms with Gasteiger partial charge in [0, 0.05) is 12.8 Å². The van der Waals surface area contributed by atoms with E-state index >= 15 is 0 Å². The van der Waals surface area contributed by atoms with Gasteiger partial charge in [-0.2, -0.15) is 0 Å². The monoisotopic (exact) mass is 251 g/mol. The first-order chi connectivity index (χ1) is 6.13. The summed E-state index contributed by atoms with van der Waals surface area (Å²) >= 11 is 2.98. The molecule has 1 atom stereocenters. The van der Waals surface area contributed by atoms with Gasteiger partial charge in [-0.05, 0) is 0 Å². The third-order valence-corrected chi connectivity index (χ3v) is 2.15. The zero-order valence-corrected chi connectivity index (χ0v) is 8.49. The van der Waals surface area contributed by atoms with Crippen LogP contribution in [0, 0.1) is 0 Å². The minimum Gasteiger partial charge on any atom is -0.365 e. The fourth-order valence-corrected chi connectivity index (χ4v) is 1.09. The molecule has 0 spiro atoms. The number of hydrogen-bond acceptors (Lipinski definition) is 4. The molecule has 1 amide bonds. The Morgan fingerprint density at radius 2 is 2.23 bits per heavy atom. The Balaban J connectivity index is 2.46. The fourth-order valence-electron chi connectivity index (χ4n) is 0.970. The SMILES string of the molecule is O=C1CCC(=O)N(OC(O)CBr)C1. The van der Waals surface area contributed by atoms with Crippen molar-refractivity contribution in [2.24, 2.45) is 0 Å². The summed E-state index contributed by atoms with van der Waals surface area (Å²) in [6.45, 7) is -0.0666. The van der Waals surface area contributed by atoms with Crippen molar-refractivity contribution in [1.82, 2.24) is 5.06 Å². The Morgan fingerprint density at radius 1 is 1.54 bits per heavy atom. The Hall–Kier alpha value is -0.460. The molecule has 1 heterocycles. The molecule has 0 saturated carbocycles. The number of amides is 1. The van der Waals surface area contributed by atoms with Crippen molar-refractivity contribution in [3.63, 3.8) is 0 Å². The molecule has 1 aliphatic heterocycles. The smallest absolute Gasteiger partial charge is 0.247 e. The average molecular weight is 252 g/mol. The van der Waals surface area contributed by atoms with Gasteiger partial charge in [-0.3, -0.25) is 9.59 Å². The number of rotatable bonds is 3. The first-order valence-electron chi connectivity index (χ1n) is 3.86. The molecule has 13 heavy (non-hydrogen) atoms. The fraction of sp³-hybridized carbons (Fsp3) is 0.714. The van der Waals surface area contributed by atoms with Gasteiger partial charge in [0.2, 0.25) is 5.91 Å². The van der Waals surface area contributed by atoms with E-state index in [1.54, 1.807) is 0 Å². The minimum atomic E-state index is -1.09. The van der Waals surface area contributed by atoms with Gasteiger partial charge in [0.1, 0.15) is 6.54 Å². The molecule has 6 heteroatoms. The van der Waals surface area contributed by atoms with Gasteiger partial charge >= 0.3 is 0 Å². The number of aliphatic hydroxyl groups excluding tert-OH is 1. The van der Waals surface area contributed by atoms with E-state index in [1.807, 2.05) is 0 Å². The van der Waals surface area contributed by atoms with E-state index in [-0.39, 0.29) is 36.4 Å². The molecule has 1 saturated heterocycles.